The zero-order valence-corrected chi connectivity index (χ0v) is 15.2. The molecule has 0 saturated carbocycles. The Labute approximate surface area is 158 Å². The number of benzene rings is 4. The molecule has 0 N–H and O–H groups in total. The second kappa shape index (κ2) is 6.34. The van der Waals surface area contributed by atoms with Crippen molar-refractivity contribution < 1.29 is 4.74 Å². The summed E-state index contributed by atoms with van der Waals surface area (Å²) in [6, 6.07) is 22.9. The fourth-order valence-corrected chi connectivity index (χ4v) is 4.32. The lowest BCUT2D eigenvalue weighted by molar-refractivity contribution is 0.489. The maximum absolute atomic E-state index is 6.29. The lowest BCUT2D eigenvalue weighted by Crippen LogP contribution is -2.03. The molecule has 1 aliphatic rings. The second-order valence-corrected chi connectivity index (χ2v) is 7.42. The van der Waals surface area contributed by atoms with Crippen molar-refractivity contribution in [2.45, 2.75) is 25.7 Å². The largest absolute Gasteiger partial charge is 0.457 e. The maximum Gasteiger partial charge on any atom is 0.135 e. The van der Waals surface area contributed by atoms with E-state index in [0.29, 0.717) is 5.02 Å². The number of fused-ring (bicyclic) bond motifs is 5. The van der Waals surface area contributed by atoms with Gasteiger partial charge < -0.3 is 4.74 Å². The van der Waals surface area contributed by atoms with Gasteiger partial charge in [-0.05, 0) is 77.2 Å². The monoisotopic (exact) mass is 358 g/mol. The first kappa shape index (κ1) is 15.7. The molecule has 0 unspecified atom stereocenters. The Bertz CT molecular complexity index is 1130. The van der Waals surface area contributed by atoms with Crippen LogP contribution in [0.2, 0.25) is 5.02 Å². The molecule has 4 aromatic rings. The zero-order chi connectivity index (χ0) is 17.5. The molecule has 0 atom stereocenters. The molecule has 0 fully saturated rings. The summed E-state index contributed by atoms with van der Waals surface area (Å²) in [4.78, 5) is 0. The average molecular weight is 359 g/mol. The van der Waals surface area contributed by atoms with Gasteiger partial charge in [-0.15, -0.1) is 0 Å². The topological polar surface area (TPSA) is 9.23 Å². The summed E-state index contributed by atoms with van der Waals surface area (Å²) in [5, 5.41) is 5.72. The van der Waals surface area contributed by atoms with Crippen molar-refractivity contribution in [3.63, 3.8) is 0 Å². The van der Waals surface area contributed by atoms with E-state index in [1.807, 2.05) is 24.3 Å². The highest BCUT2D eigenvalue weighted by Crippen LogP contribution is 2.39. The van der Waals surface area contributed by atoms with Crippen LogP contribution < -0.4 is 4.74 Å². The van der Waals surface area contributed by atoms with E-state index < -0.39 is 0 Å². The molecular weight excluding hydrogens is 340 g/mol. The van der Waals surface area contributed by atoms with Crippen molar-refractivity contribution >= 4 is 33.1 Å². The first-order chi connectivity index (χ1) is 12.8. The number of halogens is 1. The lowest BCUT2D eigenvalue weighted by Gasteiger charge is -2.20. The molecule has 1 aliphatic carbocycles. The summed E-state index contributed by atoms with van der Waals surface area (Å²) in [7, 11) is 0. The Hall–Kier alpha value is -2.51. The fraction of sp³-hybridized carbons (Fsp3) is 0.167. The van der Waals surface area contributed by atoms with Crippen molar-refractivity contribution in [3.8, 4) is 11.5 Å². The molecule has 0 heterocycles. The van der Waals surface area contributed by atoms with E-state index >= 15 is 0 Å². The van der Waals surface area contributed by atoms with Crippen molar-refractivity contribution in [1.82, 2.24) is 0 Å². The van der Waals surface area contributed by atoms with E-state index in [0.717, 1.165) is 23.3 Å². The molecule has 128 valence electrons. The smallest absolute Gasteiger partial charge is 0.135 e. The third-order valence-corrected chi connectivity index (χ3v) is 5.59. The van der Waals surface area contributed by atoms with Crippen LogP contribution in [0.4, 0.5) is 0 Å². The van der Waals surface area contributed by atoms with Gasteiger partial charge in [-0.2, -0.15) is 0 Å². The van der Waals surface area contributed by atoms with Gasteiger partial charge in [0.05, 0.1) is 0 Å². The minimum absolute atomic E-state index is 0.685. The highest BCUT2D eigenvalue weighted by Gasteiger charge is 2.16. The molecule has 2 heteroatoms. The average Bonchev–Trinajstić information content (AvgIpc) is 2.68. The molecule has 1 nitrogen and oxygen atoms in total. The Morgan fingerprint density at radius 3 is 2.38 bits per heavy atom. The highest BCUT2D eigenvalue weighted by molar-refractivity contribution is 6.30. The van der Waals surface area contributed by atoms with E-state index in [1.165, 1.54) is 46.5 Å². The summed E-state index contributed by atoms with van der Waals surface area (Å²) in [6.07, 6.45) is 4.89. The Balaban J connectivity index is 1.78. The van der Waals surface area contributed by atoms with Gasteiger partial charge in [-0.25, -0.2) is 0 Å². The van der Waals surface area contributed by atoms with Crippen LogP contribution in [0, 0.1) is 0 Å². The summed E-state index contributed by atoms with van der Waals surface area (Å²) >= 11 is 6.14. The lowest BCUT2D eigenvalue weighted by atomic mass is 9.86. The van der Waals surface area contributed by atoms with Gasteiger partial charge in [0.2, 0.25) is 0 Å². The third kappa shape index (κ3) is 2.64. The maximum atomic E-state index is 6.29. The van der Waals surface area contributed by atoms with Crippen molar-refractivity contribution in [2.75, 3.05) is 0 Å². The summed E-state index contributed by atoms with van der Waals surface area (Å²) in [5.41, 5.74) is 2.99. The Kier molecular flexibility index (Phi) is 3.83. The minimum atomic E-state index is 0.685. The number of aryl methyl sites for hydroxylation is 2. The summed E-state index contributed by atoms with van der Waals surface area (Å²) in [6.45, 7) is 0. The quantitative estimate of drug-likeness (QED) is 0.341. The van der Waals surface area contributed by atoms with Gasteiger partial charge in [-0.3, -0.25) is 0 Å². The predicted octanol–water partition coefficient (Wildman–Crippen LogP) is 7.32. The molecule has 0 aromatic heterocycles. The number of ether oxygens (including phenoxy) is 1. The van der Waals surface area contributed by atoms with Crippen LogP contribution in [-0.2, 0) is 12.8 Å². The predicted molar refractivity (Wildman–Crippen MR) is 110 cm³/mol. The van der Waals surface area contributed by atoms with E-state index in [2.05, 4.69) is 42.5 Å². The van der Waals surface area contributed by atoms with E-state index in [4.69, 9.17) is 16.3 Å². The van der Waals surface area contributed by atoms with Crippen LogP contribution in [0.15, 0.2) is 66.7 Å². The summed E-state index contributed by atoms with van der Waals surface area (Å²) < 4.78 is 6.29. The van der Waals surface area contributed by atoms with E-state index in [9.17, 15) is 0 Å². The molecule has 0 amide bonds. The van der Waals surface area contributed by atoms with Gasteiger partial charge in [0, 0.05) is 10.4 Å². The molecule has 0 aliphatic heterocycles. The van der Waals surface area contributed by atoms with Crippen LogP contribution in [-0.4, -0.2) is 0 Å². The van der Waals surface area contributed by atoms with Gasteiger partial charge in [0.1, 0.15) is 11.5 Å². The molecule has 0 spiro atoms. The van der Waals surface area contributed by atoms with Crippen molar-refractivity contribution in [2.24, 2.45) is 0 Å². The number of hydrogen-bond acceptors (Lipinski definition) is 1. The van der Waals surface area contributed by atoms with E-state index in [1.54, 1.807) is 0 Å². The van der Waals surface area contributed by atoms with Crippen molar-refractivity contribution in [3.05, 3.63) is 82.9 Å². The SMILES string of the molecule is Clc1cccc(Oc2cc3c4c(ccc3c3ccccc23)CCCC4)c1. The van der Waals surface area contributed by atoms with Gasteiger partial charge >= 0.3 is 0 Å². The Morgan fingerprint density at radius 2 is 1.50 bits per heavy atom. The molecule has 0 bridgehead atoms. The van der Waals surface area contributed by atoms with Crippen LogP contribution in [0.5, 0.6) is 11.5 Å². The highest BCUT2D eigenvalue weighted by atomic mass is 35.5. The molecule has 0 radical (unpaired) electrons. The molecule has 0 saturated heterocycles. The standard InChI is InChI=1S/C24H19ClO/c25-17-7-5-8-18(14-17)26-24-15-23-19-9-2-1-6-16(19)12-13-21(23)20-10-3-4-11-22(20)24/h3-5,7-8,10-15H,1-2,6,9H2. The van der Waals surface area contributed by atoms with Crippen LogP contribution in [0.25, 0.3) is 21.5 Å². The van der Waals surface area contributed by atoms with Gasteiger partial charge in [-0.1, -0.05) is 54.1 Å². The molecule has 5 rings (SSSR count). The van der Waals surface area contributed by atoms with Crippen molar-refractivity contribution in [1.29, 1.82) is 0 Å². The van der Waals surface area contributed by atoms with Crippen LogP contribution in [0.3, 0.4) is 0 Å². The second-order valence-electron chi connectivity index (χ2n) is 6.99. The van der Waals surface area contributed by atoms with Gasteiger partial charge in [0.25, 0.3) is 0 Å². The first-order valence-corrected chi connectivity index (χ1v) is 9.57. The molecular formula is C24H19ClO. The van der Waals surface area contributed by atoms with E-state index in [-0.39, 0.29) is 0 Å². The third-order valence-electron chi connectivity index (χ3n) is 5.36. The Morgan fingerprint density at radius 1 is 0.692 bits per heavy atom. The summed E-state index contributed by atoms with van der Waals surface area (Å²) in [5.74, 6) is 1.67. The van der Waals surface area contributed by atoms with Crippen LogP contribution >= 0.6 is 11.6 Å². The minimum Gasteiger partial charge on any atom is -0.457 e. The fourth-order valence-electron chi connectivity index (χ4n) is 4.14. The van der Waals surface area contributed by atoms with Gasteiger partial charge in [0.15, 0.2) is 0 Å². The van der Waals surface area contributed by atoms with Crippen LogP contribution in [0.1, 0.15) is 24.0 Å². The normalized spacial score (nSPS) is 13.7. The molecule has 26 heavy (non-hydrogen) atoms. The zero-order valence-electron chi connectivity index (χ0n) is 14.5. The number of hydrogen-bond donors (Lipinski definition) is 0. The molecule has 4 aromatic carbocycles. The number of rotatable bonds is 2. The first-order valence-electron chi connectivity index (χ1n) is 9.19.